The number of hydrogen-bond donors (Lipinski definition) is 0. The molecule has 0 amide bonds. The van der Waals surface area contributed by atoms with E-state index in [1.54, 1.807) is 6.20 Å². The van der Waals surface area contributed by atoms with Crippen molar-refractivity contribution in [2.24, 2.45) is 0 Å². The first-order valence-electron chi connectivity index (χ1n) is 9.80. The lowest BCUT2D eigenvalue weighted by Gasteiger charge is -2.31. The number of pyridine rings is 1. The van der Waals surface area contributed by atoms with Gasteiger partial charge in [-0.15, -0.1) is 0 Å². The van der Waals surface area contributed by atoms with Crippen LogP contribution in [0.2, 0.25) is 0 Å². The molecule has 2 fully saturated rings. The highest BCUT2D eigenvalue weighted by Crippen LogP contribution is 2.29. The molecule has 0 aromatic carbocycles. The van der Waals surface area contributed by atoms with Gasteiger partial charge in [0, 0.05) is 32.1 Å². The molecule has 2 saturated heterocycles. The van der Waals surface area contributed by atoms with Crippen LogP contribution in [0.15, 0.2) is 41.1 Å². The van der Waals surface area contributed by atoms with Gasteiger partial charge in [0.15, 0.2) is 0 Å². The minimum atomic E-state index is 0.157. The standard InChI is InChI=1S/C21H28N2O3/c1-2-13-24-20(5-1)21-7-6-19(26-21)15-23-11-8-18(9-12-23)25-16-17-4-3-10-22-14-17/h3-4,6-7,10,14,18,20H,1-2,5,8-9,11-13,15-16H2/t20-/m1/s1. The van der Waals surface area contributed by atoms with Crippen molar-refractivity contribution in [3.63, 3.8) is 0 Å². The largest absolute Gasteiger partial charge is 0.462 e. The molecule has 0 aliphatic carbocycles. The number of likely N-dealkylation sites (tertiary alicyclic amines) is 1. The van der Waals surface area contributed by atoms with E-state index in [9.17, 15) is 0 Å². The number of hydrogen-bond acceptors (Lipinski definition) is 5. The average Bonchev–Trinajstić information content (AvgIpc) is 3.17. The molecule has 0 saturated carbocycles. The summed E-state index contributed by atoms with van der Waals surface area (Å²) in [6.07, 6.45) is 9.78. The third-order valence-corrected chi connectivity index (χ3v) is 5.30. The van der Waals surface area contributed by atoms with Gasteiger partial charge in [-0.3, -0.25) is 9.88 Å². The fourth-order valence-corrected chi connectivity index (χ4v) is 3.77. The van der Waals surface area contributed by atoms with Gasteiger partial charge in [-0.2, -0.15) is 0 Å². The molecule has 1 atom stereocenters. The van der Waals surface area contributed by atoms with Crippen molar-refractivity contribution >= 4 is 0 Å². The van der Waals surface area contributed by atoms with Crippen molar-refractivity contribution in [1.29, 1.82) is 0 Å². The van der Waals surface area contributed by atoms with Crippen LogP contribution in [0.5, 0.6) is 0 Å². The lowest BCUT2D eigenvalue weighted by molar-refractivity contribution is -0.00744. The first-order valence-corrected chi connectivity index (χ1v) is 9.80. The van der Waals surface area contributed by atoms with Gasteiger partial charge in [0.2, 0.25) is 0 Å². The maximum absolute atomic E-state index is 6.05. The third-order valence-electron chi connectivity index (χ3n) is 5.30. The second-order valence-electron chi connectivity index (χ2n) is 7.31. The van der Waals surface area contributed by atoms with Crippen molar-refractivity contribution in [3.8, 4) is 0 Å². The van der Waals surface area contributed by atoms with Crippen LogP contribution < -0.4 is 0 Å². The maximum atomic E-state index is 6.05. The van der Waals surface area contributed by atoms with Gasteiger partial charge in [0.25, 0.3) is 0 Å². The minimum absolute atomic E-state index is 0.157. The Morgan fingerprint density at radius 1 is 1.12 bits per heavy atom. The first kappa shape index (κ1) is 17.7. The molecule has 0 unspecified atom stereocenters. The Labute approximate surface area is 155 Å². The van der Waals surface area contributed by atoms with Gasteiger partial charge in [-0.1, -0.05) is 6.07 Å². The molecule has 140 valence electrons. The maximum Gasteiger partial charge on any atom is 0.133 e. The highest BCUT2D eigenvalue weighted by atomic mass is 16.5. The molecular formula is C21H28N2O3. The van der Waals surface area contributed by atoms with E-state index in [2.05, 4.69) is 28.1 Å². The Morgan fingerprint density at radius 3 is 2.81 bits per heavy atom. The Hall–Kier alpha value is -1.69. The van der Waals surface area contributed by atoms with E-state index < -0.39 is 0 Å². The SMILES string of the molecule is c1cncc(COC2CCN(Cc3ccc([C@H]4CCCCO4)o3)CC2)c1. The summed E-state index contributed by atoms with van der Waals surface area (Å²) in [7, 11) is 0. The average molecular weight is 356 g/mol. The van der Waals surface area contributed by atoms with E-state index in [1.165, 1.54) is 12.8 Å². The predicted molar refractivity (Wildman–Crippen MR) is 98.6 cm³/mol. The molecule has 2 aromatic rings. The molecule has 2 aliphatic heterocycles. The monoisotopic (exact) mass is 356 g/mol. The number of nitrogens with zero attached hydrogens (tertiary/aromatic N) is 2. The Balaban J connectivity index is 1.21. The molecule has 4 heterocycles. The molecule has 26 heavy (non-hydrogen) atoms. The number of aromatic nitrogens is 1. The molecule has 0 radical (unpaired) electrons. The van der Waals surface area contributed by atoms with Gasteiger partial charge < -0.3 is 13.9 Å². The van der Waals surface area contributed by atoms with Gasteiger partial charge in [0.1, 0.15) is 17.6 Å². The van der Waals surface area contributed by atoms with Crippen LogP contribution >= 0.6 is 0 Å². The predicted octanol–water partition coefficient (Wildman–Crippen LogP) is 4.10. The van der Waals surface area contributed by atoms with Crippen molar-refractivity contribution in [3.05, 3.63) is 53.7 Å². The zero-order valence-corrected chi connectivity index (χ0v) is 15.3. The topological polar surface area (TPSA) is 47.7 Å². The van der Waals surface area contributed by atoms with Crippen LogP contribution in [-0.2, 0) is 22.6 Å². The third kappa shape index (κ3) is 4.72. The normalized spacial score (nSPS) is 22.5. The Bertz CT molecular complexity index is 659. The summed E-state index contributed by atoms with van der Waals surface area (Å²) in [6.45, 7) is 4.48. The van der Waals surface area contributed by atoms with Crippen molar-refractivity contribution in [2.45, 2.75) is 57.5 Å². The van der Waals surface area contributed by atoms with Crippen molar-refractivity contribution < 1.29 is 13.9 Å². The van der Waals surface area contributed by atoms with Crippen LogP contribution in [0, 0.1) is 0 Å². The van der Waals surface area contributed by atoms with Crippen molar-refractivity contribution in [2.75, 3.05) is 19.7 Å². The molecule has 2 aromatic heterocycles. The summed E-state index contributed by atoms with van der Waals surface area (Å²) >= 11 is 0. The summed E-state index contributed by atoms with van der Waals surface area (Å²) in [6, 6.07) is 8.22. The number of furan rings is 1. The molecule has 5 nitrogen and oxygen atoms in total. The highest BCUT2D eigenvalue weighted by Gasteiger charge is 2.22. The summed E-state index contributed by atoms with van der Waals surface area (Å²) < 4.78 is 17.9. The summed E-state index contributed by atoms with van der Waals surface area (Å²) in [5.41, 5.74) is 1.14. The van der Waals surface area contributed by atoms with E-state index in [1.807, 2.05) is 12.3 Å². The van der Waals surface area contributed by atoms with E-state index in [0.29, 0.717) is 12.7 Å². The summed E-state index contributed by atoms with van der Waals surface area (Å²) in [4.78, 5) is 6.59. The summed E-state index contributed by atoms with van der Waals surface area (Å²) in [5, 5.41) is 0. The second-order valence-corrected chi connectivity index (χ2v) is 7.31. The molecule has 2 aliphatic rings. The fourth-order valence-electron chi connectivity index (χ4n) is 3.77. The van der Waals surface area contributed by atoms with Crippen LogP contribution in [0.4, 0.5) is 0 Å². The van der Waals surface area contributed by atoms with E-state index in [0.717, 1.165) is 62.6 Å². The van der Waals surface area contributed by atoms with Gasteiger partial charge in [0.05, 0.1) is 19.3 Å². The zero-order chi connectivity index (χ0) is 17.6. The smallest absolute Gasteiger partial charge is 0.133 e. The van der Waals surface area contributed by atoms with E-state index in [-0.39, 0.29) is 6.10 Å². The Morgan fingerprint density at radius 2 is 2.04 bits per heavy atom. The van der Waals surface area contributed by atoms with Crippen LogP contribution in [-0.4, -0.2) is 35.7 Å². The lowest BCUT2D eigenvalue weighted by Crippen LogP contribution is -2.36. The molecule has 4 rings (SSSR count). The number of ether oxygens (including phenoxy) is 2. The van der Waals surface area contributed by atoms with Crippen LogP contribution in [0.1, 0.15) is 55.3 Å². The highest BCUT2D eigenvalue weighted by molar-refractivity contribution is 5.10. The molecule has 0 bridgehead atoms. The number of rotatable bonds is 6. The van der Waals surface area contributed by atoms with Gasteiger partial charge >= 0.3 is 0 Å². The zero-order valence-electron chi connectivity index (χ0n) is 15.3. The molecule has 5 heteroatoms. The molecular weight excluding hydrogens is 328 g/mol. The fraction of sp³-hybridized carbons (Fsp3) is 0.571. The van der Waals surface area contributed by atoms with E-state index >= 15 is 0 Å². The quantitative estimate of drug-likeness (QED) is 0.780. The van der Waals surface area contributed by atoms with Crippen molar-refractivity contribution in [1.82, 2.24) is 9.88 Å². The van der Waals surface area contributed by atoms with Crippen LogP contribution in [0.25, 0.3) is 0 Å². The number of piperidine rings is 1. The van der Waals surface area contributed by atoms with Crippen LogP contribution in [0.3, 0.4) is 0 Å². The van der Waals surface area contributed by atoms with Gasteiger partial charge in [-0.25, -0.2) is 0 Å². The van der Waals surface area contributed by atoms with E-state index in [4.69, 9.17) is 13.9 Å². The molecule has 0 N–H and O–H groups in total. The Kier molecular flexibility index (Phi) is 5.99. The minimum Gasteiger partial charge on any atom is -0.462 e. The summed E-state index contributed by atoms with van der Waals surface area (Å²) in [5.74, 6) is 2.04. The molecule has 0 spiro atoms. The second kappa shape index (κ2) is 8.80. The lowest BCUT2D eigenvalue weighted by atomic mass is 10.1. The first-order chi connectivity index (χ1) is 12.9. The van der Waals surface area contributed by atoms with Gasteiger partial charge in [-0.05, 0) is 55.9 Å².